The summed E-state index contributed by atoms with van der Waals surface area (Å²) in [5.41, 5.74) is 1.07. The van der Waals surface area contributed by atoms with Crippen molar-refractivity contribution in [3.8, 4) is 0 Å². The molecule has 1 N–H and O–H groups in total. The number of esters is 1. The Kier molecular flexibility index (Phi) is 6.66. The summed E-state index contributed by atoms with van der Waals surface area (Å²) < 4.78 is 4.96. The number of nitrogens with zero attached hydrogens (tertiary/aromatic N) is 1. The van der Waals surface area contributed by atoms with E-state index in [0.29, 0.717) is 26.0 Å². The molecule has 0 heterocycles. The van der Waals surface area contributed by atoms with Gasteiger partial charge in [-0.3, -0.25) is 14.9 Å². The zero-order chi connectivity index (χ0) is 15.0. The zero-order valence-corrected chi connectivity index (χ0v) is 11.8. The quantitative estimate of drug-likeness (QED) is 0.448. The third-order valence-corrected chi connectivity index (χ3v) is 2.93. The molecule has 6 nitrogen and oxygen atoms in total. The summed E-state index contributed by atoms with van der Waals surface area (Å²) >= 11 is 0. The van der Waals surface area contributed by atoms with Gasteiger partial charge in [-0.05, 0) is 31.9 Å². The summed E-state index contributed by atoms with van der Waals surface area (Å²) in [6.07, 6.45) is 1.37. The molecule has 0 saturated carbocycles. The van der Waals surface area contributed by atoms with E-state index in [0.717, 1.165) is 5.56 Å². The molecule has 0 aliphatic heterocycles. The molecule has 110 valence electrons. The van der Waals surface area contributed by atoms with E-state index in [1.54, 1.807) is 19.1 Å². The second-order valence-electron chi connectivity index (χ2n) is 4.34. The van der Waals surface area contributed by atoms with E-state index in [4.69, 9.17) is 4.74 Å². The van der Waals surface area contributed by atoms with E-state index in [2.05, 4.69) is 5.32 Å². The highest BCUT2D eigenvalue weighted by Crippen LogP contribution is 2.12. The monoisotopic (exact) mass is 280 g/mol. The number of carbonyl (C=O) groups is 1. The SMILES string of the molecule is CCOC(=O)C(CC)NCCc1ccc([N+](=O)[O-])cc1. The van der Waals surface area contributed by atoms with E-state index >= 15 is 0 Å². The molecule has 20 heavy (non-hydrogen) atoms. The minimum Gasteiger partial charge on any atom is -0.465 e. The van der Waals surface area contributed by atoms with Gasteiger partial charge in [-0.25, -0.2) is 0 Å². The second kappa shape index (κ2) is 8.27. The standard InChI is InChI=1S/C14H20N2O4/c1-3-13(14(17)20-4-2)15-10-9-11-5-7-12(8-6-11)16(18)19/h5-8,13,15H,3-4,9-10H2,1-2H3. The van der Waals surface area contributed by atoms with Crippen molar-refractivity contribution >= 4 is 11.7 Å². The van der Waals surface area contributed by atoms with Crippen molar-refractivity contribution in [3.05, 3.63) is 39.9 Å². The fraction of sp³-hybridized carbons (Fsp3) is 0.500. The van der Waals surface area contributed by atoms with Crippen LogP contribution in [-0.2, 0) is 16.0 Å². The molecule has 0 bridgehead atoms. The third kappa shape index (κ3) is 4.97. The van der Waals surface area contributed by atoms with Crippen LogP contribution in [0, 0.1) is 10.1 Å². The van der Waals surface area contributed by atoms with E-state index in [9.17, 15) is 14.9 Å². The molecule has 0 saturated heterocycles. The van der Waals surface area contributed by atoms with Crippen LogP contribution in [0.2, 0.25) is 0 Å². The Morgan fingerprint density at radius 3 is 2.50 bits per heavy atom. The largest absolute Gasteiger partial charge is 0.465 e. The molecule has 0 spiro atoms. The van der Waals surface area contributed by atoms with Gasteiger partial charge < -0.3 is 10.1 Å². The van der Waals surface area contributed by atoms with Gasteiger partial charge in [0.2, 0.25) is 0 Å². The highest BCUT2D eigenvalue weighted by Gasteiger charge is 2.16. The minimum atomic E-state index is -0.421. The number of ether oxygens (including phenoxy) is 1. The number of hydrogen-bond acceptors (Lipinski definition) is 5. The summed E-state index contributed by atoms with van der Waals surface area (Å²) in [6, 6.07) is 6.12. The first-order valence-electron chi connectivity index (χ1n) is 6.71. The summed E-state index contributed by atoms with van der Waals surface area (Å²) in [4.78, 5) is 21.7. The first-order valence-corrected chi connectivity index (χ1v) is 6.71. The van der Waals surface area contributed by atoms with Crippen LogP contribution in [-0.4, -0.2) is 30.1 Å². The fourth-order valence-corrected chi connectivity index (χ4v) is 1.81. The highest BCUT2D eigenvalue weighted by molar-refractivity contribution is 5.75. The van der Waals surface area contributed by atoms with Crippen LogP contribution in [0.1, 0.15) is 25.8 Å². The number of nitrogens with one attached hydrogen (secondary N) is 1. The Bertz CT molecular complexity index is 445. The van der Waals surface area contributed by atoms with Crippen molar-refractivity contribution in [2.75, 3.05) is 13.2 Å². The van der Waals surface area contributed by atoms with Crippen molar-refractivity contribution in [2.45, 2.75) is 32.7 Å². The second-order valence-corrected chi connectivity index (χ2v) is 4.34. The van der Waals surface area contributed by atoms with Gasteiger partial charge in [0.1, 0.15) is 6.04 Å². The molecule has 0 aliphatic rings. The van der Waals surface area contributed by atoms with Crippen LogP contribution >= 0.6 is 0 Å². The maximum absolute atomic E-state index is 11.6. The van der Waals surface area contributed by atoms with Crippen LogP contribution in [0.5, 0.6) is 0 Å². The van der Waals surface area contributed by atoms with Crippen LogP contribution in [0.3, 0.4) is 0 Å². The average molecular weight is 280 g/mol. The molecule has 0 radical (unpaired) electrons. The van der Waals surface area contributed by atoms with Crippen molar-refractivity contribution in [1.29, 1.82) is 0 Å². The van der Waals surface area contributed by atoms with E-state index < -0.39 is 4.92 Å². The van der Waals surface area contributed by atoms with E-state index in [-0.39, 0.29) is 17.7 Å². The van der Waals surface area contributed by atoms with E-state index in [1.807, 2.05) is 6.92 Å². The average Bonchev–Trinajstić information content (AvgIpc) is 2.44. The maximum Gasteiger partial charge on any atom is 0.323 e. The molecule has 1 atom stereocenters. The van der Waals surface area contributed by atoms with Gasteiger partial charge in [0.25, 0.3) is 5.69 Å². The van der Waals surface area contributed by atoms with Crippen LogP contribution in [0.4, 0.5) is 5.69 Å². The van der Waals surface area contributed by atoms with Crippen molar-refractivity contribution in [3.63, 3.8) is 0 Å². The van der Waals surface area contributed by atoms with Crippen molar-refractivity contribution < 1.29 is 14.5 Å². The molecule has 1 rings (SSSR count). The predicted octanol–water partition coefficient (Wildman–Crippen LogP) is 2.07. The normalized spacial score (nSPS) is 11.9. The summed E-state index contributed by atoms with van der Waals surface area (Å²) in [6.45, 7) is 4.69. The molecule has 0 amide bonds. The van der Waals surface area contributed by atoms with Gasteiger partial charge >= 0.3 is 5.97 Å². The van der Waals surface area contributed by atoms with Crippen LogP contribution in [0.15, 0.2) is 24.3 Å². The van der Waals surface area contributed by atoms with Gasteiger partial charge in [-0.2, -0.15) is 0 Å². The molecule has 1 unspecified atom stereocenters. The number of non-ortho nitro benzene ring substituents is 1. The first-order chi connectivity index (χ1) is 9.58. The number of benzene rings is 1. The number of hydrogen-bond donors (Lipinski definition) is 1. The smallest absolute Gasteiger partial charge is 0.323 e. The molecular weight excluding hydrogens is 260 g/mol. The molecule has 0 aliphatic carbocycles. The van der Waals surface area contributed by atoms with Gasteiger partial charge in [-0.1, -0.05) is 19.1 Å². The maximum atomic E-state index is 11.6. The van der Waals surface area contributed by atoms with Crippen molar-refractivity contribution in [2.24, 2.45) is 0 Å². The Morgan fingerprint density at radius 2 is 2.00 bits per heavy atom. The van der Waals surface area contributed by atoms with Gasteiger partial charge in [0.15, 0.2) is 0 Å². The third-order valence-electron chi connectivity index (χ3n) is 2.93. The Hall–Kier alpha value is -1.95. The van der Waals surface area contributed by atoms with Crippen LogP contribution in [0.25, 0.3) is 0 Å². The highest BCUT2D eigenvalue weighted by atomic mass is 16.6. The molecule has 1 aromatic carbocycles. The zero-order valence-electron chi connectivity index (χ0n) is 11.8. The predicted molar refractivity (Wildman–Crippen MR) is 75.5 cm³/mol. The molecule has 1 aromatic rings. The van der Waals surface area contributed by atoms with Crippen LogP contribution < -0.4 is 5.32 Å². The summed E-state index contributed by atoms with van der Waals surface area (Å²) in [5, 5.41) is 13.7. The number of nitro benzene ring substituents is 1. The molecule has 6 heteroatoms. The lowest BCUT2D eigenvalue weighted by Gasteiger charge is -2.15. The van der Waals surface area contributed by atoms with Gasteiger partial charge in [-0.15, -0.1) is 0 Å². The number of carbonyl (C=O) groups excluding carboxylic acids is 1. The fourth-order valence-electron chi connectivity index (χ4n) is 1.81. The lowest BCUT2D eigenvalue weighted by Crippen LogP contribution is -2.38. The Balaban J connectivity index is 2.42. The Labute approximate surface area is 118 Å². The van der Waals surface area contributed by atoms with Crippen molar-refractivity contribution in [1.82, 2.24) is 5.32 Å². The Morgan fingerprint density at radius 1 is 1.35 bits per heavy atom. The van der Waals surface area contributed by atoms with E-state index in [1.165, 1.54) is 12.1 Å². The summed E-state index contributed by atoms with van der Waals surface area (Å²) in [5.74, 6) is -0.237. The van der Waals surface area contributed by atoms with Gasteiger partial charge in [0.05, 0.1) is 11.5 Å². The lowest BCUT2D eigenvalue weighted by molar-refractivity contribution is -0.384. The topological polar surface area (TPSA) is 81.5 Å². The summed E-state index contributed by atoms with van der Waals surface area (Å²) in [7, 11) is 0. The lowest BCUT2D eigenvalue weighted by atomic mass is 10.1. The van der Waals surface area contributed by atoms with Gasteiger partial charge in [0, 0.05) is 12.1 Å². The number of nitro groups is 1. The molecular formula is C14H20N2O4. The molecule has 0 aromatic heterocycles. The number of rotatable bonds is 8. The molecule has 0 fully saturated rings. The first kappa shape index (κ1) is 16.1. The minimum absolute atomic E-state index is 0.0830.